The number of amides is 1. The van der Waals surface area contributed by atoms with Gasteiger partial charge in [0.2, 0.25) is 0 Å². The zero-order valence-corrected chi connectivity index (χ0v) is 17.9. The number of fused-ring (bicyclic) bond motifs is 2. The van der Waals surface area contributed by atoms with E-state index in [0.717, 1.165) is 19.5 Å². The maximum absolute atomic E-state index is 13.0. The topological polar surface area (TPSA) is 83.8 Å². The number of hydrogen-bond donors (Lipinski definition) is 2. The maximum Gasteiger partial charge on any atom is 0.267 e. The second-order valence-electron chi connectivity index (χ2n) is 8.69. The molecule has 3 aromatic rings. The molecule has 0 bridgehead atoms. The zero-order valence-electron chi connectivity index (χ0n) is 17.9. The number of nitrogens with one attached hydrogen (secondary N) is 1. The van der Waals surface area contributed by atoms with E-state index >= 15 is 0 Å². The van der Waals surface area contributed by atoms with Crippen LogP contribution in [-0.4, -0.2) is 45.1 Å². The van der Waals surface area contributed by atoms with Crippen molar-refractivity contribution in [1.29, 1.82) is 0 Å². The molecule has 2 aliphatic heterocycles. The largest absolute Gasteiger partial charge is 0.485 e. The highest BCUT2D eigenvalue weighted by atomic mass is 16.5. The van der Waals surface area contributed by atoms with E-state index in [2.05, 4.69) is 47.0 Å². The molecule has 1 saturated heterocycles. The number of carbonyl (C=O) groups excluding carboxylic acids is 2. The summed E-state index contributed by atoms with van der Waals surface area (Å²) in [6, 6.07) is 13.7. The molecular formula is C25H25N3O4. The highest BCUT2D eigenvalue weighted by Gasteiger charge is 2.45. The standard InChI is InChI=1S/C25H25N3O4/c1-27-14-18(19-4-2-3-5-21(19)27)15-28-11-10-25(16-28)13-22(29)20-12-17(6-8-23(20)32-25)7-9-24(30)26-31/h2-9,12,14,31H,10-11,13,15-16H2,1H3,(H,26,30)/b9-7+. The van der Waals surface area contributed by atoms with E-state index in [1.54, 1.807) is 29.8 Å². The maximum atomic E-state index is 13.0. The Balaban J connectivity index is 1.33. The normalized spacial score (nSPS) is 20.8. The highest BCUT2D eigenvalue weighted by Crippen LogP contribution is 2.40. The smallest absolute Gasteiger partial charge is 0.267 e. The molecule has 2 aromatic carbocycles. The van der Waals surface area contributed by atoms with Crippen LogP contribution in [0.25, 0.3) is 17.0 Å². The van der Waals surface area contributed by atoms with E-state index in [1.165, 1.54) is 22.5 Å². The van der Waals surface area contributed by atoms with Gasteiger partial charge in [0, 0.05) is 56.3 Å². The molecule has 0 aliphatic carbocycles. The minimum atomic E-state index is -0.624. The first-order valence-corrected chi connectivity index (χ1v) is 10.7. The first-order chi connectivity index (χ1) is 15.5. The summed E-state index contributed by atoms with van der Waals surface area (Å²) in [5.41, 5.74) is 4.79. The quantitative estimate of drug-likeness (QED) is 0.376. The Kier molecular flexibility index (Phi) is 5.07. The predicted molar refractivity (Wildman–Crippen MR) is 121 cm³/mol. The number of Topliss-reactive ketones (excluding diaryl/α,β-unsaturated/α-hetero) is 1. The fourth-order valence-electron chi connectivity index (χ4n) is 4.91. The van der Waals surface area contributed by atoms with Crippen molar-refractivity contribution in [3.05, 3.63) is 71.4 Å². The third-order valence-corrected chi connectivity index (χ3v) is 6.42. The van der Waals surface area contributed by atoms with E-state index in [-0.39, 0.29) is 5.78 Å². The number of para-hydroxylation sites is 1. The van der Waals surface area contributed by atoms with Gasteiger partial charge in [-0.1, -0.05) is 24.3 Å². The highest BCUT2D eigenvalue weighted by molar-refractivity contribution is 6.01. The molecule has 5 rings (SSSR count). The summed E-state index contributed by atoms with van der Waals surface area (Å²) < 4.78 is 8.56. The lowest BCUT2D eigenvalue weighted by atomic mass is 9.88. The number of carbonyl (C=O) groups is 2. The molecule has 0 saturated carbocycles. The SMILES string of the molecule is Cn1cc(CN2CCC3(CC(=O)c4cc(/C=C/C(=O)NO)ccc4O3)C2)c2ccccc21. The minimum Gasteiger partial charge on any atom is -0.485 e. The molecule has 1 spiro atoms. The number of aromatic nitrogens is 1. The molecule has 1 fully saturated rings. The molecule has 1 amide bonds. The fourth-order valence-corrected chi connectivity index (χ4v) is 4.91. The van der Waals surface area contributed by atoms with Crippen molar-refractivity contribution < 1.29 is 19.5 Å². The minimum absolute atomic E-state index is 0.0557. The molecule has 1 unspecified atom stereocenters. The van der Waals surface area contributed by atoms with Crippen LogP contribution in [-0.2, 0) is 18.4 Å². The van der Waals surface area contributed by atoms with Crippen molar-refractivity contribution in [2.75, 3.05) is 13.1 Å². The van der Waals surface area contributed by atoms with Crippen LogP contribution in [0.5, 0.6) is 5.75 Å². The number of likely N-dealkylation sites (tertiary alicyclic amines) is 1. The fraction of sp³-hybridized carbons (Fsp3) is 0.280. The van der Waals surface area contributed by atoms with Crippen molar-refractivity contribution in [3.8, 4) is 5.75 Å². The van der Waals surface area contributed by atoms with Gasteiger partial charge < -0.3 is 9.30 Å². The van der Waals surface area contributed by atoms with E-state index in [4.69, 9.17) is 9.94 Å². The van der Waals surface area contributed by atoms with Crippen molar-refractivity contribution in [1.82, 2.24) is 14.9 Å². The third kappa shape index (κ3) is 3.70. The van der Waals surface area contributed by atoms with Crippen molar-refractivity contribution in [3.63, 3.8) is 0 Å². The number of rotatable bonds is 4. The molecule has 2 N–H and O–H groups in total. The molecule has 0 radical (unpaired) electrons. The van der Waals surface area contributed by atoms with Gasteiger partial charge in [0.1, 0.15) is 11.4 Å². The van der Waals surface area contributed by atoms with Crippen LogP contribution in [0.1, 0.15) is 34.3 Å². The van der Waals surface area contributed by atoms with Crippen LogP contribution >= 0.6 is 0 Å². The van der Waals surface area contributed by atoms with Gasteiger partial charge in [0.25, 0.3) is 5.91 Å². The molecule has 3 heterocycles. The first-order valence-electron chi connectivity index (χ1n) is 10.7. The second kappa shape index (κ2) is 7.93. The summed E-state index contributed by atoms with van der Waals surface area (Å²) >= 11 is 0. The van der Waals surface area contributed by atoms with Gasteiger partial charge in [-0.05, 0) is 35.4 Å². The summed E-state index contributed by atoms with van der Waals surface area (Å²) in [5.74, 6) is 0.0265. The number of aryl methyl sites for hydroxylation is 1. The van der Waals surface area contributed by atoms with Gasteiger partial charge in [0.15, 0.2) is 5.78 Å². The third-order valence-electron chi connectivity index (χ3n) is 6.42. The lowest BCUT2D eigenvalue weighted by molar-refractivity contribution is -0.124. The number of nitrogens with zero attached hydrogens (tertiary/aromatic N) is 2. The summed E-state index contributed by atoms with van der Waals surface area (Å²) in [5, 5.41) is 9.86. The number of ether oxygens (including phenoxy) is 1. The van der Waals surface area contributed by atoms with Gasteiger partial charge in [-0.15, -0.1) is 0 Å². The Labute approximate surface area is 185 Å². The lowest BCUT2D eigenvalue weighted by Crippen LogP contribution is -2.44. The zero-order chi connectivity index (χ0) is 22.3. The lowest BCUT2D eigenvalue weighted by Gasteiger charge is -2.35. The Bertz CT molecular complexity index is 1250. The van der Waals surface area contributed by atoms with Gasteiger partial charge >= 0.3 is 0 Å². The Morgan fingerprint density at radius 1 is 1.28 bits per heavy atom. The van der Waals surface area contributed by atoms with Crippen molar-refractivity contribution in [2.24, 2.45) is 7.05 Å². The average Bonchev–Trinajstić information content (AvgIpc) is 3.33. The number of ketones is 1. The van der Waals surface area contributed by atoms with Gasteiger partial charge in [0.05, 0.1) is 12.0 Å². The number of hydroxylamine groups is 1. The van der Waals surface area contributed by atoms with Gasteiger partial charge in [-0.3, -0.25) is 19.7 Å². The molecule has 1 aromatic heterocycles. The van der Waals surface area contributed by atoms with Gasteiger partial charge in [-0.25, -0.2) is 5.48 Å². The van der Waals surface area contributed by atoms with E-state index in [0.29, 0.717) is 29.8 Å². The molecule has 32 heavy (non-hydrogen) atoms. The van der Waals surface area contributed by atoms with Crippen molar-refractivity contribution in [2.45, 2.75) is 25.0 Å². The molecular weight excluding hydrogens is 406 g/mol. The summed E-state index contributed by atoms with van der Waals surface area (Å²) in [6.07, 6.45) is 6.09. The molecule has 164 valence electrons. The van der Waals surface area contributed by atoms with Crippen molar-refractivity contribution >= 4 is 28.7 Å². The molecule has 7 heteroatoms. The van der Waals surface area contributed by atoms with Crippen LogP contribution < -0.4 is 10.2 Å². The monoisotopic (exact) mass is 431 g/mol. The van der Waals surface area contributed by atoms with E-state index in [1.807, 2.05) is 0 Å². The summed E-state index contributed by atoms with van der Waals surface area (Å²) in [6.45, 7) is 2.41. The molecule has 7 nitrogen and oxygen atoms in total. The number of hydrogen-bond acceptors (Lipinski definition) is 5. The van der Waals surface area contributed by atoms with E-state index < -0.39 is 11.5 Å². The predicted octanol–water partition coefficient (Wildman–Crippen LogP) is 3.31. The summed E-state index contributed by atoms with van der Waals surface area (Å²) in [7, 11) is 2.07. The number of benzene rings is 2. The van der Waals surface area contributed by atoms with Gasteiger partial charge in [-0.2, -0.15) is 0 Å². The average molecular weight is 431 g/mol. The summed E-state index contributed by atoms with van der Waals surface area (Å²) in [4.78, 5) is 26.6. The van der Waals surface area contributed by atoms with E-state index in [9.17, 15) is 9.59 Å². The van der Waals surface area contributed by atoms with Crippen LogP contribution in [0, 0.1) is 0 Å². The Morgan fingerprint density at radius 2 is 2.12 bits per heavy atom. The Hall–Kier alpha value is -3.42. The molecule has 2 aliphatic rings. The van der Waals surface area contributed by atoms with Crippen LogP contribution in [0.3, 0.4) is 0 Å². The van der Waals surface area contributed by atoms with Crippen LogP contribution in [0.2, 0.25) is 0 Å². The first kappa shape index (κ1) is 20.5. The second-order valence-corrected chi connectivity index (χ2v) is 8.69. The van der Waals surface area contributed by atoms with Crippen LogP contribution in [0.4, 0.5) is 0 Å². The van der Waals surface area contributed by atoms with Crippen LogP contribution in [0.15, 0.2) is 54.7 Å². The Morgan fingerprint density at radius 3 is 2.97 bits per heavy atom. The molecule has 1 atom stereocenters.